The third-order valence-electron chi connectivity index (χ3n) is 6.94. The minimum absolute atomic E-state index is 0.294. The molecule has 3 aromatic carbocycles. The van der Waals surface area contributed by atoms with Crippen LogP contribution in [0.15, 0.2) is 104 Å². The van der Waals surface area contributed by atoms with E-state index in [2.05, 4.69) is 15.0 Å². The molecule has 4 atom stereocenters. The Morgan fingerprint density at radius 3 is 1.85 bits per heavy atom. The summed E-state index contributed by atoms with van der Waals surface area (Å²) in [5, 5.41) is 0. The van der Waals surface area contributed by atoms with Crippen molar-refractivity contribution in [3.63, 3.8) is 0 Å². The van der Waals surface area contributed by atoms with Gasteiger partial charge in [-0.05, 0) is 16.7 Å². The minimum atomic E-state index is -0.583. The number of nitrogen functional groups attached to an aromatic ring is 1. The average Bonchev–Trinajstić information content (AvgIpc) is 3.45. The zero-order valence-corrected chi connectivity index (χ0v) is 22.0. The molecule has 0 saturated carbocycles. The highest BCUT2D eigenvalue weighted by Gasteiger charge is 2.44. The normalized spacial score (nSPS) is 21.0. The number of benzene rings is 3. The van der Waals surface area contributed by atoms with Gasteiger partial charge in [0.2, 0.25) is 0 Å². The van der Waals surface area contributed by atoms with E-state index in [0.717, 1.165) is 16.7 Å². The molecule has 1 aliphatic heterocycles. The van der Waals surface area contributed by atoms with Crippen LogP contribution < -0.4 is 5.73 Å². The fourth-order valence-electron chi connectivity index (χ4n) is 4.88. The highest BCUT2D eigenvalue weighted by molar-refractivity contribution is 5.81. The van der Waals surface area contributed by atoms with E-state index in [1.807, 2.05) is 95.6 Å². The Morgan fingerprint density at radius 2 is 1.25 bits per heavy atom. The Balaban J connectivity index is 1.33. The number of hydrogen-bond acceptors (Lipinski definition) is 8. The molecule has 9 heteroatoms. The Hall–Kier alpha value is -4.15. The molecule has 1 saturated heterocycles. The third kappa shape index (κ3) is 5.88. The van der Waals surface area contributed by atoms with Crippen molar-refractivity contribution >= 4 is 17.0 Å². The van der Waals surface area contributed by atoms with Crippen LogP contribution in [0.2, 0.25) is 0 Å². The van der Waals surface area contributed by atoms with Gasteiger partial charge in [-0.2, -0.15) is 0 Å². The molecule has 0 aliphatic carbocycles. The highest BCUT2D eigenvalue weighted by Crippen LogP contribution is 2.34. The summed E-state index contributed by atoms with van der Waals surface area (Å²) < 4.78 is 27.9. The molecule has 40 heavy (non-hydrogen) atoms. The maximum absolute atomic E-state index is 6.61. The smallest absolute Gasteiger partial charge is 0.167 e. The van der Waals surface area contributed by atoms with Crippen LogP contribution in [0, 0.1) is 0 Å². The summed E-state index contributed by atoms with van der Waals surface area (Å²) in [6, 6.07) is 30.2. The van der Waals surface area contributed by atoms with Crippen LogP contribution in [0.4, 0.5) is 5.82 Å². The van der Waals surface area contributed by atoms with Crippen molar-refractivity contribution in [1.29, 1.82) is 0 Å². The quantitative estimate of drug-likeness (QED) is 0.273. The molecule has 2 N–H and O–H groups in total. The molecular weight excluding hydrogens is 506 g/mol. The molecule has 1 fully saturated rings. The number of nitrogens with zero attached hydrogens (tertiary/aromatic N) is 4. The lowest BCUT2D eigenvalue weighted by atomic mass is 10.0. The van der Waals surface area contributed by atoms with Crippen LogP contribution in [0.1, 0.15) is 22.9 Å². The van der Waals surface area contributed by atoms with Crippen molar-refractivity contribution in [2.24, 2.45) is 0 Å². The van der Waals surface area contributed by atoms with E-state index in [0.29, 0.717) is 43.4 Å². The van der Waals surface area contributed by atoms with Crippen molar-refractivity contribution in [3.05, 3.63) is 120 Å². The van der Waals surface area contributed by atoms with Crippen molar-refractivity contribution in [2.75, 3.05) is 12.3 Å². The van der Waals surface area contributed by atoms with Crippen LogP contribution in [0.25, 0.3) is 11.2 Å². The van der Waals surface area contributed by atoms with Gasteiger partial charge in [0, 0.05) is 0 Å². The second-order valence-electron chi connectivity index (χ2n) is 9.66. The highest BCUT2D eigenvalue weighted by atomic mass is 16.6. The fourth-order valence-corrected chi connectivity index (χ4v) is 4.88. The van der Waals surface area contributed by atoms with Gasteiger partial charge in [0.25, 0.3) is 0 Å². The average molecular weight is 538 g/mol. The number of anilines is 1. The lowest BCUT2D eigenvalue weighted by molar-refractivity contribution is -0.255. The minimum Gasteiger partial charge on any atom is -0.382 e. The molecule has 0 spiro atoms. The van der Waals surface area contributed by atoms with Crippen LogP contribution in [-0.4, -0.2) is 44.4 Å². The summed E-state index contributed by atoms with van der Waals surface area (Å²) in [4.78, 5) is 13.0. The summed E-state index contributed by atoms with van der Waals surface area (Å²) in [7, 11) is 0. The predicted molar refractivity (Wildman–Crippen MR) is 150 cm³/mol. The topological polar surface area (TPSA) is 107 Å². The molecule has 0 unspecified atom stereocenters. The van der Waals surface area contributed by atoms with Gasteiger partial charge in [-0.25, -0.2) is 15.0 Å². The van der Waals surface area contributed by atoms with Crippen molar-refractivity contribution < 1.29 is 18.9 Å². The van der Waals surface area contributed by atoms with Crippen LogP contribution in [0.3, 0.4) is 0 Å². The molecule has 3 heterocycles. The lowest BCUT2D eigenvalue weighted by Gasteiger charge is -2.42. The Morgan fingerprint density at radius 1 is 0.700 bits per heavy atom. The van der Waals surface area contributed by atoms with E-state index in [4.69, 9.17) is 24.7 Å². The summed E-state index contributed by atoms with van der Waals surface area (Å²) in [5.74, 6) is 0.308. The maximum Gasteiger partial charge on any atom is 0.167 e. The molecule has 0 bridgehead atoms. The number of aromatic nitrogens is 4. The first kappa shape index (κ1) is 26.1. The monoisotopic (exact) mass is 537 g/mol. The van der Waals surface area contributed by atoms with Gasteiger partial charge in [-0.3, -0.25) is 4.57 Å². The van der Waals surface area contributed by atoms with E-state index in [9.17, 15) is 0 Å². The van der Waals surface area contributed by atoms with E-state index in [1.165, 1.54) is 6.33 Å². The van der Waals surface area contributed by atoms with Gasteiger partial charge >= 0.3 is 0 Å². The van der Waals surface area contributed by atoms with Gasteiger partial charge in [-0.1, -0.05) is 91.0 Å². The SMILES string of the molecule is Nc1ncnc2c1ncn2[C@@H]1OC[C@H](OCc2ccccc2)[C@@H](OCc2ccccc2)[C@H]1OCc1ccccc1. The van der Waals surface area contributed by atoms with Gasteiger partial charge in [0.15, 0.2) is 17.7 Å². The summed E-state index contributed by atoms with van der Waals surface area (Å²) in [6.07, 6.45) is 1.12. The first-order valence-electron chi connectivity index (χ1n) is 13.3. The second kappa shape index (κ2) is 12.4. The number of ether oxygens (including phenoxy) is 4. The predicted octanol–water partition coefficient (Wildman–Crippen LogP) is 4.69. The number of imidazole rings is 1. The van der Waals surface area contributed by atoms with E-state index < -0.39 is 18.4 Å². The van der Waals surface area contributed by atoms with E-state index in [-0.39, 0.29) is 6.10 Å². The van der Waals surface area contributed by atoms with Crippen LogP contribution in [0.5, 0.6) is 0 Å². The third-order valence-corrected chi connectivity index (χ3v) is 6.94. The zero-order chi connectivity index (χ0) is 27.1. The summed E-state index contributed by atoms with van der Waals surface area (Å²) >= 11 is 0. The van der Waals surface area contributed by atoms with Crippen molar-refractivity contribution in [2.45, 2.75) is 44.4 Å². The molecule has 5 aromatic rings. The van der Waals surface area contributed by atoms with Crippen molar-refractivity contribution in [1.82, 2.24) is 19.5 Å². The van der Waals surface area contributed by atoms with Crippen LogP contribution >= 0.6 is 0 Å². The molecule has 0 radical (unpaired) electrons. The van der Waals surface area contributed by atoms with Gasteiger partial charge < -0.3 is 24.7 Å². The van der Waals surface area contributed by atoms with Crippen molar-refractivity contribution in [3.8, 4) is 0 Å². The van der Waals surface area contributed by atoms with Gasteiger partial charge in [0.1, 0.15) is 30.2 Å². The van der Waals surface area contributed by atoms with Gasteiger partial charge in [-0.15, -0.1) is 0 Å². The van der Waals surface area contributed by atoms with E-state index in [1.54, 1.807) is 6.33 Å². The number of nitrogens with two attached hydrogens (primary N) is 1. The molecule has 0 amide bonds. The molecule has 6 rings (SSSR count). The van der Waals surface area contributed by atoms with Gasteiger partial charge in [0.05, 0.1) is 32.8 Å². The first-order chi connectivity index (χ1) is 19.8. The number of fused-ring (bicyclic) bond motifs is 1. The van der Waals surface area contributed by atoms with E-state index >= 15 is 0 Å². The number of rotatable bonds is 10. The van der Waals surface area contributed by atoms with Crippen LogP contribution in [-0.2, 0) is 38.8 Å². The number of hydrogen-bond donors (Lipinski definition) is 1. The molecule has 2 aromatic heterocycles. The molecule has 1 aliphatic rings. The standard InChI is InChI=1S/C31H31N5O4/c32-29-26-30(34-20-33-29)36(21-35-26)31-28(39-18-24-14-8-3-9-15-24)27(38-17-23-12-6-2-7-13-23)25(19-40-31)37-16-22-10-4-1-5-11-22/h1-15,20-21,25,27-28,31H,16-19H2,(H2,32,33,34)/t25-,27+,28+,31+/m0/s1. The Kier molecular flexibility index (Phi) is 8.06. The summed E-state index contributed by atoms with van der Waals surface area (Å²) in [6.45, 7) is 1.48. The summed E-state index contributed by atoms with van der Waals surface area (Å²) in [5.41, 5.74) is 10.3. The second-order valence-corrected chi connectivity index (χ2v) is 9.66. The fraction of sp³-hybridized carbons (Fsp3) is 0.258. The Bertz CT molecular complexity index is 1500. The molecule has 204 valence electrons. The zero-order valence-electron chi connectivity index (χ0n) is 22.0. The molecule has 9 nitrogen and oxygen atoms in total. The molecular formula is C31H31N5O4. The Labute approximate surface area is 232 Å². The lowest BCUT2D eigenvalue weighted by Crippen LogP contribution is -2.54. The largest absolute Gasteiger partial charge is 0.382 e. The first-order valence-corrected chi connectivity index (χ1v) is 13.3. The maximum atomic E-state index is 6.61.